The SMILES string of the molecule is CCN(CC)/C(F)=C(/C(=C(\C)O)[P+](CP(F)(F)(F)F)(N(CC)CC)N(CC)CC)C(F)(F)F. The van der Waals surface area contributed by atoms with Crippen molar-refractivity contribution >= 4 is 15.4 Å². The molecule has 0 fully saturated rings. The number of hydrogen-bond donors (Lipinski definition) is 1. The Kier molecular flexibility index (Phi) is 11.6. The number of hydrogen-bond acceptors (Lipinski definition) is 4. The standard InChI is InChI=1S/C19H35F8N3OP2/c1-8-28(9-2)18(20)16(19(21,22)23)17(15(7)31)32(29(10-3)11-4,30(12-5)13-6)14-33(24,25,26)27/h8-14H2,1-7H3/p+1/b17-15-,18-16-. The minimum atomic E-state index is -8.47. The molecule has 0 atom stereocenters. The molecular weight excluding hydrogens is 500 g/mol. The van der Waals surface area contributed by atoms with Crippen LogP contribution in [-0.2, 0) is 0 Å². The van der Waals surface area contributed by atoms with Crippen LogP contribution in [0.2, 0.25) is 0 Å². The third kappa shape index (κ3) is 7.91. The Balaban J connectivity index is 8.00. The topological polar surface area (TPSA) is 30.0 Å². The molecule has 1 N–H and O–H groups in total. The van der Waals surface area contributed by atoms with Gasteiger partial charge in [0.25, 0.3) is 0 Å². The van der Waals surface area contributed by atoms with Crippen molar-refractivity contribution in [2.45, 2.75) is 54.6 Å². The van der Waals surface area contributed by atoms with Gasteiger partial charge < -0.3 is 0 Å². The summed E-state index contributed by atoms with van der Waals surface area (Å²) in [5.41, 5.74) is -1.99. The molecule has 0 aromatic heterocycles. The van der Waals surface area contributed by atoms with Gasteiger partial charge >= 0.3 is 192 Å². The van der Waals surface area contributed by atoms with E-state index in [-0.39, 0.29) is 39.3 Å². The number of aliphatic hydroxyl groups is 1. The van der Waals surface area contributed by atoms with Gasteiger partial charge in [0.1, 0.15) is 0 Å². The van der Waals surface area contributed by atoms with Gasteiger partial charge in [0.05, 0.1) is 0 Å². The second kappa shape index (κ2) is 11.8. The second-order valence-electron chi connectivity index (χ2n) is 7.28. The molecule has 14 heteroatoms. The van der Waals surface area contributed by atoms with E-state index < -0.39 is 50.1 Å². The Morgan fingerprint density at radius 1 is 0.788 bits per heavy atom. The zero-order chi connectivity index (χ0) is 26.4. The van der Waals surface area contributed by atoms with Crippen molar-refractivity contribution in [2.24, 2.45) is 0 Å². The molecule has 0 rings (SSSR count). The zero-order valence-electron chi connectivity index (χ0n) is 20.2. The van der Waals surface area contributed by atoms with E-state index in [1.165, 1.54) is 41.5 Å². The molecule has 198 valence electrons. The molecule has 0 heterocycles. The first-order valence-electron chi connectivity index (χ1n) is 10.8. The van der Waals surface area contributed by atoms with Gasteiger partial charge in [0.2, 0.25) is 0 Å². The van der Waals surface area contributed by atoms with E-state index >= 15 is 4.39 Å². The molecular formula is C19H36F8N3OP2+. The minimum absolute atomic E-state index is 0.165. The zero-order valence-corrected chi connectivity index (χ0v) is 21.9. The molecule has 0 saturated carbocycles. The molecule has 0 amide bonds. The number of allylic oxidation sites excluding steroid dienone is 3. The summed E-state index contributed by atoms with van der Waals surface area (Å²) in [5.74, 6) is -5.09. The van der Waals surface area contributed by atoms with Gasteiger partial charge in [-0.2, -0.15) is 0 Å². The number of aliphatic hydroxyl groups excluding tert-OH is 1. The molecule has 0 aliphatic carbocycles. The van der Waals surface area contributed by atoms with Gasteiger partial charge in [-0.05, 0) is 0 Å². The van der Waals surface area contributed by atoms with Crippen molar-refractivity contribution in [2.75, 3.05) is 45.2 Å². The van der Waals surface area contributed by atoms with Crippen LogP contribution in [0.5, 0.6) is 0 Å². The van der Waals surface area contributed by atoms with Crippen molar-refractivity contribution < 1.29 is 39.5 Å². The predicted octanol–water partition coefficient (Wildman–Crippen LogP) is 8.44. The van der Waals surface area contributed by atoms with Crippen LogP contribution in [0.1, 0.15) is 48.5 Å². The summed E-state index contributed by atoms with van der Waals surface area (Å²) in [7, 11) is -13.0. The van der Waals surface area contributed by atoms with E-state index in [1.807, 2.05) is 0 Å². The van der Waals surface area contributed by atoms with Crippen LogP contribution in [0.3, 0.4) is 0 Å². The van der Waals surface area contributed by atoms with Crippen LogP contribution in [0.15, 0.2) is 22.6 Å². The van der Waals surface area contributed by atoms with Gasteiger partial charge in [-0.15, -0.1) is 0 Å². The Morgan fingerprint density at radius 2 is 1.15 bits per heavy atom. The van der Waals surface area contributed by atoms with Crippen molar-refractivity contribution in [1.82, 2.24) is 14.2 Å². The summed E-state index contributed by atoms with van der Waals surface area (Å²) in [6.45, 7) is 8.27. The van der Waals surface area contributed by atoms with E-state index in [2.05, 4.69) is 0 Å². The van der Waals surface area contributed by atoms with Gasteiger partial charge in [-0.3, -0.25) is 0 Å². The Labute approximate surface area is 192 Å². The predicted molar refractivity (Wildman–Crippen MR) is 121 cm³/mol. The van der Waals surface area contributed by atoms with E-state index in [9.17, 15) is 35.1 Å². The molecule has 0 bridgehead atoms. The fourth-order valence-electron chi connectivity index (χ4n) is 4.02. The molecule has 0 radical (unpaired) electrons. The van der Waals surface area contributed by atoms with E-state index in [1.54, 1.807) is 0 Å². The fraction of sp³-hybridized carbons (Fsp3) is 0.789. The van der Waals surface area contributed by atoms with Crippen molar-refractivity contribution in [3.8, 4) is 0 Å². The third-order valence-electron chi connectivity index (χ3n) is 5.28. The van der Waals surface area contributed by atoms with E-state index in [0.717, 1.165) is 16.3 Å². The van der Waals surface area contributed by atoms with Gasteiger partial charge in [-0.1, -0.05) is 0 Å². The second-order valence-corrected chi connectivity index (χ2v) is 13.2. The number of alkyl halides is 3. The summed E-state index contributed by atoms with van der Waals surface area (Å²) in [6, 6.07) is 0. The average Bonchev–Trinajstić information content (AvgIpc) is 2.65. The average molecular weight is 536 g/mol. The van der Waals surface area contributed by atoms with Crippen LogP contribution >= 0.6 is 15.4 Å². The molecule has 33 heavy (non-hydrogen) atoms. The van der Waals surface area contributed by atoms with Crippen LogP contribution in [-0.4, -0.2) is 70.7 Å². The molecule has 0 aromatic rings. The van der Waals surface area contributed by atoms with Gasteiger partial charge in [-0.25, -0.2) is 0 Å². The molecule has 0 saturated heterocycles. The Hall–Kier alpha value is -0.700. The first-order valence-corrected chi connectivity index (χ1v) is 14.6. The third-order valence-corrected chi connectivity index (χ3v) is 12.8. The quantitative estimate of drug-likeness (QED) is 0.0841. The van der Waals surface area contributed by atoms with Crippen molar-refractivity contribution in [3.63, 3.8) is 0 Å². The van der Waals surface area contributed by atoms with Gasteiger partial charge in [0.15, 0.2) is 0 Å². The molecule has 0 unspecified atom stereocenters. The number of rotatable bonds is 13. The summed E-state index contributed by atoms with van der Waals surface area (Å²) < 4.78 is 117. The number of nitrogens with zero attached hydrogens (tertiary/aromatic N) is 3. The monoisotopic (exact) mass is 536 g/mol. The van der Waals surface area contributed by atoms with Crippen LogP contribution in [0.4, 0.5) is 34.3 Å². The Bertz CT molecular complexity index is 685. The van der Waals surface area contributed by atoms with Crippen LogP contribution < -0.4 is 0 Å². The number of halogens is 8. The van der Waals surface area contributed by atoms with Crippen molar-refractivity contribution in [3.05, 3.63) is 22.6 Å². The van der Waals surface area contributed by atoms with E-state index in [0.29, 0.717) is 4.90 Å². The molecule has 0 spiro atoms. The molecule has 0 aromatic carbocycles. The fourth-order valence-corrected chi connectivity index (χ4v) is 12.3. The molecule has 0 aliphatic heterocycles. The summed E-state index contributed by atoms with van der Waals surface area (Å²) >= 11 is 0. The first kappa shape index (κ1) is 32.3. The summed E-state index contributed by atoms with van der Waals surface area (Å²) in [5, 5.41) is 9.26. The van der Waals surface area contributed by atoms with E-state index in [4.69, 9.17) is 0 Å². The van der Waals surface area contributed by atoms with Crippen LogP contribution in [0, 0.1) is 0 Å². The van der Waals surface area contributed by atoms with Crippen LogP contribution in [0.25, 0.3) is 0 Å². The molecule has 4 nitrogen and oxygen atoms in total. The molecule has 0 aliphatic rings. The van der Waals surface area contributed by atoms with Crippen molar-refractivity contribution in [1.29, 1.82) is 0 Å². The Morgan fingerprint density at radius 3 is 1.36 bits per heavy atom. The maximum absolute atomic E-state index is 15.4. The maximum atomic E-state index is 15.4. The summed E-state index contributed by atoms with van der Waals surface area (Å²) in [4.78, 5) is 0.709. The van der Waals surface area contributed by atoms with Gasteiger partial charge in [0, 0.05) is 0 Å². The summed E-state index contributed by atoms with van der Waals surface area (Å²) in [6.07, 6.45) is -5.45. The normalized spacial score (nSPS) is 16.5. The first-order chi connectivity index (χ1) is 14.9.